The molecule has 0 aliphatic rings. The topological polar surface area (TPSA) is 183 Å². The summed E-state index contributed by atoms with van der Waals surface area (Å²) in [7, 11) is 0. The van der Waals surface area contributed by atoms with Crippen LogP contribution in [-0.2, 0) is 29.3 Å². The Bertz CT molecular complexity index is 725. The van der Waals surface area contributed by atoms with Crippen molar-refractivity contribution < 1.29 is 26.7 Å². The Morgan fingerprint density at radius 1 is 0.793 bits per heavy atom. The Balaban J connectivity index is -0.000000321. The van der Waals surface area contributed by atoms with Crippen molar-refractivity contribution in [2.45, 2.75) is 12.8 Å². The molecule has 29 heavy (non-hydrogen) atoms. The average molecular weight is 437 g/mol. The van der Waals surface area contributed by atoms with Crippen molar-refractivity contribution in [3.63, 3.8) is 0 Å². The second kappa shape index (κ2) is 26.7. The summed E-state index contributed by atoms with van der Waals surface area (Å²) < 4.78 is 0. The molecule has 0 amide bonds. The Morgan fingerprint density at radius 2 is 1.17 bits per heavy atom. The number of hydrogen-bond donors (Lipinski definition) is 2. The van der Waals surface area contributed by atoms with Crippen molar-refractivity contribution in [2.24, 2.45) is 9.98 Å². The molecule has 0 radical (unpaired) electrons. The van der Waals surface area contributed by atoms with Crippen molar-refractivity contribution in [2.75, 3.05) is 13.2 Å². The Kier molecular flexibility index (Phi) is 27.8. The molecule has 11 heteroatoms. The summed E-state index contributed by atoms with van der Waals surface area (Å²) >= 11 is 0. The third-order valence-electron chi connectivity index (χ3n) is 2.39. The first-order valence-corrected chi connectivity index (χ1v) is 7.67. The number of aliphatic hydroxyl groups excluding tert-OH is 2. The molecule has 152 valence electrons. The molecule has 0 saturated carbocycles. The minimum absolute atomic E-state index is 0. The molecule has 0 fully saturated rings. The molecule has 0 aliphatic heterocycles. The van der Waals surface area contributed by atoms with Gasteiger partial charge in [0, 0.05) is 49.8 Å². The van der Waals surface area contributed by atoms with Crippen LogP contribution in [0.1, 0.15) is 11.4 Å². The third kappa shape index (κ3) is 24.5. The van der Waals surface area contributed by atoms with Crippen LogP contribution in [0, 0.1) is 22.9 Å². The van der Waals surface area contributed by atoms with Gasteiger partial charge < -0.3 is 31.0 Å². The first kappa shape index (κ1) is 30.2. The molecule has 0 bridgehead atoms. The van der Waals surface area contributed by atoms with Gasteiger partial charge in [0.05, 0.1) is 12.4 Å². The fraction of sp³-hybridized carbons (Fsp3) is 0.222. The van der Waals surface area contributed by atoms with Gasteiger partial charge in [-0.05, 0) is 24.3 Å². The number of nitriles is 2. The summed E-state index contributed by atoms with van der Waals surface area (Å²) in [4.78, 5) is 13.2. The van der Waals surface area contributed by atoms with Crippen molar-refractivity contribution >= 4 is 12.0 Å². The standard InChI is InChI=1S/2C7H9NO.2C2N3.Ni/c2*9-6-4-7-3-1-2-5-8-7;2*3-1-5-2-4;/h2*1-3,5,9H,4,6H2;;;/q;;2*-1;+2. The third-order valence-corrected chi connectivity index (χ3v) is 2.39. The average Bonchev–Trinajstić information content (AvgIpc) is 2.73. The second-order valence-electron chi connectivity index (χ2n) is 4.21. The predicted molar refractivity (Wildman–Crippen MR) is 103 cm³/mol. The van der Waals surface area contributed by atoms with Gasteiger partial charge >= 0.3 is 16.5 Å². The molecule has 0 aromatic carbocycles. The fourth-order valence-corrected chi connectivity index (χ4v) is 1.37. The number of aliphatic imine (C=N–C) groups is 2. The summed E-state index contributed by atoms with van der Waals surface area (Å²) in [5, 5.41) is 46.7. The number of nitrogens with zero attached hydrogens (tertiary/aromatic N) is 8. The number of pyridine rings is 2. The van der Waals surface area contributed by atoms with E-state index in [0.29, 0.717) is 12.8 Å². The van der Waals surface area contributed by atoms with E-state index in [1.165, 1.54) is 24.4 Å². The molecule has 0 unspecified atom stereocenters. The van der Waals surface area contributed by atoms with E-state index in [1.54, 1.807) is 12.4 Å². The normalized spacial score (nSPS) is 7.17. The molecule has 0 aliphatic carbocycles. The summed E-state index contributed by atoms with van der Waals surface area (Å²) in [6.07, 6.45) is 7.32. The molecule has 2 heterocycles. The molecule has 2 aromatic heterocycles. The number of aromatic nitrogens is 2. The Hall–Kier alpha value is -3.55. The molecule has 2 aromatic rings. The van der Waals surface area contributed by atoms with Crippen LogP contribution in [0.15, 0.2) is 58.8 Å². The van der Waals surface area contributed by atoms with Gasteiger partial charge in [0.25, 0.3) is 0 Å². The van der Waals surface area contributed by atoms with Crippen LogP contribution in [0.5, 0.6) is 0 Å². The second-order valence-corrected chi connectivity index (χ2v) is 4.21. The maximum absolute atomic E-state index is 8.48. The van der Waals surface area contributed by atoms with Gasteiger partial charge in [0.2, 0.25) is 0 Å². The predicted octanol–water partition coefficient (Wildman–Crippen LogP) is 1.65. The van der Waals surface area contributed by atoms with E-state index < -0.39 is 0 Å². The molecule has 0 atom stereocenters. The molecule has 2 rings (SSSR count). The van der Waals surface area contributed by atoms with Gasteiger partial charge in [-0.15, -0.1) is 12.0 Å². The fourth-order valence-electron chi connectivity index (χ4n) is 1.37. The molecular formula is C18H18N8NiO2. The van der Waals surface area contributed by atoms with Gasteiger partial charge in [-0.3, -0.25) is 9.97 Å². The minimum atomic E-state index is 0. The minimum Gasteiger partial charge on any atom is -0.422 e. The molecular weight excluding hydrogens is 419 g/mol. The van der Waals surface area contributed by atoms with Crippen molar-refractivity contribution in [1.82, 2.24) is 9.97 Å². The first-order valence-electron chi connectivity index (χ1n) is 7.67. The zero-order valence-electron chi connectivity index (χ0n) is 15.2. The van der Waals surface area contributed by atoms with E-state index in [0.717, 1.165) is 11.4 Å². The van der Waals surface area contributed by atoms with E-state index in [1.807, 2.05) is 36.4 Å². The zero-order valence-corrected chi connectivity index (χ0v) is 16.2. The molecule has 2 N–H and O–H groups in total. The number of hydrogen-bond acceptors (Lipinski definition) is 8. The molecule has 10 nitrogen and oxygen atoms in total. The number of aliphatic hydroxyl groups is 2. The van der Waals surface area contributed by atoms with Crippen molar-refractivity contribution in [3.05, 3.63) is 71.0 Å². The van der Waals surface area contributed by atoms with Gasteiger partial charge in [0.15, 0.2) is 0 Å². The first-order chi connectivity index (χ1) is 13.7. The van der Waals surface area contributed by atoms with Crippen LogP contribution in [-0.4, -0.2) is 45.4 Å². The van der Waals surface area contributed by atoms with Gasteiger partial charge in [0.1, 0.15) is 0 Å². The van der Waals surface area contributed by atoms with Crippen LogP contribution in [0.2, 0.25) is 0 Å². The summed E-state index contributed by atoms with van der Waals surface area (Å²) in [5.41, 5.74) is 1.89. The van der Waals surface area contributed by atoms with Gasteiger partial charge in [-0.2, -0.15) is 10.5 Å². The van der Waals surface area contributed by atoms with E-state index in [9.17, 15) is 0 Å². The van der Waals surface area contributed by atoms with Crippen molar-refractivity contribution in [3.8, 4) is 12.4 Å². The van der Waals surface area contributed by atoms with E-state index in [2.05, 4.69) is 20.0 Å². The van der Waals surface area contributed by atoms with Gasteiger partial charge in [-0.1, -0.05) is 12.1 Å². The maximum atomic E-state index is 8.48. The zero-order chi connectivity index (χ0) is 21.3. The summed E-state index contributed by atoms with van der Waals surface area (Å²) in [5.74, 6) is 0. The largest absolute Gasteiger partial charge is 2.00 e. The smallest absolute Gasteiger partial charge is 0.422 e. The van der Waals surface area contributed by atoms with Crippen LogP contribution in [0.25, 0.3) is 10.8 Å². The Morgan fingerprint density at radius 3 is 1.34 bits per heavy atom. The SMILES string of the molecule is N#CN=C=[N-].N#CN=C=[N-].OCCc1ccccn1.OCCc1ccccn1.[Ni+2]. The molecule has 0 spiro atoms. The Labute approximate surface area is 178 Å². The van der Waals surface area contributed by atoms with Crippen LogP contribution in [0.3, 0.4) is 0 Å². The summed E-state index contributed by atoms with van der Waals surface area (Å²) in [6, 6.07) is 13.9. The van der Waals surface area contributed by atoms with Crippen molar-refractivity contribution in [1.29, 1.82) is 10.5 Å². The maximum Gasteiger partial charge on any atom is 2.00 e. The summed E-state index contributed by atoms with van der Waals surface area (Å²) in [6.45, 7) is 0.355. The van der Waals surface area contributed by atoms with Crippen LogP contribution >= 0.6 is 0 Å². The van der Waals surface area contributed by atoms with E-state index >= 15 is 0 Å². The van der Waals surface area contributed by atoms with Crippen LogP contribution < -0.4 is 0 Å². The van der Waals surface area contributed by atoms with Crippen LogP contribution in [0.4, 0.5) is 0 Å². The van der Waals surface area contributed by atoms with E-state index in [-0.39, 0.29) is 29.7 Å². The monoisotopic (exact) mass is 436 g/mol. The number of rotatable bonds is 4. The van der Waals surface area contributed by atoms with Gasteiger partial charge in [-0.25, -0.2) is 0 Å². The quantitative estimate of drug-likeness (QED) is 0.416. The van der Waals surface area contributed by atoms with E-state index in [4.69, 9.17) is 31.6 Å². The molecule has 0 saturated heterocycles.